The number of Topliss-reactive ketones (excluding diaryl/α,β-unsaturated/α-hetero) is 1. The summed E-state index contributed by atoms with van der Waals surface area (Å²) in [5.41, 5.74) is -0.851. The van der Waals surface area contributed by atoms with Gasteiger partial charge in [-0.1, -0.05) is 0 Å². The first-order chi connectivity index (χ1) is 12.8. The minimum atomic E-state index is -4.79. The maximum Gasteiger partial charge on any atom is 0.451 e. The van der Waals surface area contributed by atoms with Gasteiger partial charge in [-0.2, -0.15) is 18.2 Å². The number of hydrogen-bond acceptors (Lipinski definition) is 7. The molecule has 0 spiro atoms. The quantitative estimate of drug-likeness (QED) is 0.671. The normalized spacial score (nSPS) is 12.8. The Labute approximate surface area is 158 Å². The van der Waals surface area contributed by atoms with Crippen molar-refractivity contribution in [1.82, 2.24) is 15.3 Å². The van der Waals surface area contributed by atoms with Gasteiger partial charge >= 0.3 is 18.2 Å². The fourth-order valence-electron chi connectivity index (χ4n) is 1.84. The van der Waals surface area contributed by atoms with Gasteiger partial charge < -0.3 is 19.9 Å². The van der Waals surface area contributed by atoms with Gasteiger partial charge in [0.15, 0.2) is 12.4 Å². The fraction of sp³-hybridized carbons (Fsp3) is 0.562. The van der Waals surface area contributed by atoms with E-state index in [4.69, 9.17) is 14.6 Å². The van der Waals surface area contributed by atoms with Crippen LogP contribution in [0.5, 0.6) is 5.88 Å². The number of carbonyl (C=O) groups is 3. The lowest BCUT2D eigenvalue weighted by Gasteiger charge is -2.23. The zero-order chi connectivity index (χ0) is 21.5. The number of rotatable bonds is 8. The Balaban J connectivity index is 2.77. The summed E-state index contributed by atoms with van der Waals surface area (Å²) >= 11 is 0. The van der Waals surface area contributed by atoms with Crippen LogP contribution in [0.4, 0.5) is 18.0 Å². The molecule has 1 heterocycles. The molecule has 0 aliphatic carbocycles. The van der Waals surface area contributed by atoms with Crippen LogP contribution in [0.1, 0.15) is 39.4 Å². The molecule has 1 aromatic heterocycles. The van der Waals surface area contributed by atoms with Gasteiger partial charge in [0.05, 0.1) is 6.04 Å². The Morgan fingerprint density at radius 3 is 2.43 bits per heavy atom. The first-order valence-electron chi connectivity index (χ1n) is 8.05. The second-order valence-corrected chi connectivity index (χ2v) is 6.60. The molecule has 0 saturated carbocycles. The molecular weight excluding hydrogens is 387 g/mol. The summed E-state index contributed by atoms with van der Waals surface area (Å²) in [5.74, 6) is -3.90. The van der Waals surface area contributed by atoms with Crippen molar-refractivity contribution in [1.29, 1.82) is 0 Å². The predicted molar refractivity (Wildman–Crippen MR) is 87.6 cm³/mol. The Hall–Kier alpha value is -2.92. The van der Waals surface area contributed by atoms with Crippen molar-refractivity contribution in [3.63, 3.8) is 0 Å². The number of ketones is 1. The number of halogens is 3. The molecule has 12 heteroatoms. The SMILES string of the molecule is CC(C)(C)OC(=O)N[C@@H](CCC(=O)O)C(=O)COc1ccnc(C(F)(F)F)n1. The third-order valence-electron chi connectivity index (χ3n) is 2.97. The minimum absolute atomic E-state index is 0.256. The highest BCUT2D eigenvalue weighted by molar-refractivity contribution is 5.89. The standard InChI is InChI=1S/C16H20F3N3O6/c1-15(2,3)28-14(26)21-9(4-5-12(24)25)10(23)8-27-11-6-7-20-13(22-11)16(17,18)19/h6-7,9H,4-5,8H2,1-3H3,(H,21,26)(H,24,25)/t9-/m0/s1. The average Bonchev–Trinajstić information content (AvgIpc) is 2.54. The van der Waals surface area contributed by atoms with Crippen molar-refractivity contribution in [3.05, 3.63) is 18.1 Å². The van der Waals surface area contributed by atoms with Crippen molar-refractivity contribution in [2.24, 2.45) is 0 Å². The van der Waals surface area contributed by atoms with Crippen LogP contribution in [0.25, 0.3) is 0 Å². The number of hydrogen-bond donors (Lipinski definition) is 2. The molecule has 1 atom stereocenters. The number of alkyl halides is 3. The van der Waals surface area contributed by atoms with Gasteiger partial charge in [0.25, 0.3) is 0 Å². The van der Waals surface area contributed by atoms with Crippen molar-refractivity contribution in [2.45, 2.75) is 51.4 Å². The summed E-state index contributed by atoms with van der Waals surface area (Å²) in [5, 5.41) is 11.0. The molecule has 28 heavy (non-hydrogen) atoms. The first-order valence-corrected chi connectivity index (χ1v) is 8.05. The van der Waals surface area contributed by atoms with Gasteiger partial charge in [-0.25, -0.2) is 9.78 Å². The number of ether oxygens (including phenoxy) is 2. The molecule has 0 aliphatic heterocycles. The molecule has 0 unspecified atom stereocenters. The predicted octanol–water partition coefficient (Wildman–Crippen LogP) is 2.20. The highest BCUT2D eigenvalue weighted by Crippen LogP contribution is 2.26. The molecule has 1 aromatic rings. The van der Waals surface area contributed by atoms with E-state index in [1.807, 2.05) is 0 Å². The highest BCUT2D eigenvalue weighted by Gasteiger charge is 2.35. The topological polar surface area (TPSA) is 128 Å². The number of amides is 1. The lowest BCUT2D eigenvalue weighted by atomic mass is 10.1. The molecule has 0 bridgehead atoms. The number of aliphatic carboxylic acids is 1. The first kappa shape index (κ1) is 23.1. The molecule has 1 rings (SSSR count). The summed E-state index contributed by atoms with van der Waals surface area (Å²) in [4.78, 5) is 41.0. The van der Waals surface area contributed by atoms with Crippen LogP contribution in [0.2, 0.25) is 0 Å². The number of nitrogens with zero attached hydrogens (tertiary/aromatic N) is 2. The third kappa shape index (κ3) is 8.64. The van der Waals surface area contributed by atoms with Crippen LogP contribution in [-0.4, -0.2) is 51.2 Å². The molecule has 0 aromatic carbocycles. The van der Waals surface area contributed by atoms with E-state index in [-0.39, 0.29) is 6.42 Å². The molecule has 9 nitrogen and oxygen atoms in total. The summed E-state index contributed by atoms with van der Waals surface area (Å²) in [6.45, 7) is 4.04. The largest absolute Gasteiger partial charge is 0.481 e. The smallest absolute Gasteiger partial charge is 0.451 e. The Kier molecular flexibility index (Phi) is 7.70. The third-order valence-corrected chi connectivity index (χ3v) is 2.97. The highest BCUT2D eigenvalue weighted by atomic mass is 19.4. The number of alkyl carbamates (subject to hydrolysis) is 1. The summed E-state index contributed by atoms with van der Waals surface area (Å²) < 4.78 is 47.7. The van der Waals surface area contributed by atoms with Gasteiger partial charge in [0.2, 0.25) is 11.7 Å². The molecule has 156 valence electrons. The van der Waals surface area contributed by atoms with Crippen LogP contribution in [-0.2, 0) is 20.5 Å². The van der Waals surface area contributed by atoms with Gasteiger partial charge in [-0.05, 0) is 27.2 Å². The maximum atomic E-state index is 12.6. The van der Waals surface area contributed by atoms with Crippen molar-refractivity contribution in [2.75, 3.05) is 6.61 Å². The van der Waals surface area contributed by atoms with Gasteiger partial charge in [0, 0.05) is 18.7 Å². The number of aromatic nitrogens is 2. The van der Waals surface area contributed by atoms with Gasteiger partial charge in [-0.3, -0.25) is 9.59 Å². The van der Waals surface area contributed by atoms with E-state index in [0.29, 0.717) is 0 Å². The Bertz CT molecular complexity index is 718. The van der Waals surface area contributed by atoms with Crippen LogP contribution >= 0.6 is 0 Å². The van der Waals surface area contributed by atoms with Crippen molar-refractivity contribution >= 4 is 17.8 Å². The van der Waals surface area contributed by atoms with E-state index in [0.717, 1.165) is 12.3 Å². The molecule has 1 amide bonds. The molecule has 0 radical (unpaired) electrons. The van der Waals surface area contributed by atoms with E-state index >= 15 is 0 Å². The lowest BCUT2D eigenvalue weighted by molar-refractivity contribution is -0.145. The molecular formula is C16H20F3N3O6. The number of carboxylic acid groups (broad SMARTS) is 1. The minimum Gasteiger partial charge on any atom is -0.481 e. The van der Waals surface area contributed by atoms with E-state index in [9.17, 15) is 27.6 Å². The summed E-state index contributed by atoms with van der Waals surface area (Å²) in [6, 6.07) is -0.245. The Morgan fingerprint density at radius 2 is 1.89 bits per heavy atom. The van der Waals surface area contributed by atoms with Crippen LogP contribution in [0.15, 0.2) is 12.3 Å². The molecule has 2 N–H and O–H groups in total. The van der Waals surface area contributed by atoms with E-state index < -0.39 is 60.4 Å². The van der Waals surface area contributed by atoms with Crippen molar-refractivity contribution < 1.29 is 42.1 Å². The molecule has 0 saturated heterocycles. The molecule has 0 fully saturated rings. The average molecular weight is 407 g/mol. The second-order valence-electron chi connectivity index (χ2n) is 6.60. The zero-order valence-electron chi connectivity index (χ0n) is 15.4. The number of carboxylic acids is 1. The summed E-state index contributed by atoms with van der Waals surface area (Å²) in [6.07, 6.45) is -5.60. The maximum absolute atomic E-state index is 12.6. The fourth-order valence-corrected chi connectivity index (χ4v) is 1.84. The lowest BCUT2D eigenvalue weighted by Crippen LogP contribution is -2.45. The van der Waals surface area contributed by atoms with E-state index in [2.05, 4.69) is 15.3 Å². The number of carbonyl (C=O) groups excluding carboxylic acids is 2. The Morgan fingerprint density at radius 1 is 1.25 bits per heavy atom. The monoisotopic (exact) mass is 407 g/mol. The second kappa shape index (κ2) is 9.33. The summed E-state index contributed by atoms with van der Waals surface area (Å²) in [7, 11) is 0. The van der Waals surface area contributed by atoms with Gasteiger partial charge in [-0.15, -0.1) is 0 Å². The van der Waals surface area contributed by atoms with E-state index in [1.165, 1.54) is 0 Å². The van der Waals surface area contributed by atoms with Gasteiger partial charge in [0.1, 0.15) is 5.60 Å². The van der Waals surface area contributed by atoms with E-state index in [1.54, 1.807) is 20.8 Å². The van der Waals surface area contributed by atoms with Crippen LogP contribution < -0.4 is 10.1 Å². The zero-order valence-corrected chi connectivity index (χ0v) is 15.4. The number of nitrogens with one attached hydrogen (secondary N) is 1. The molecule has 0 aliphatic rings. The van der Waals surface area contributed by atoms with Crippen molar-refractivity contribution in [3.8, 4) is 5.88 Å². The van der Waals surface area contributed by atoms with Crippen LogP contribution in [0, 0.1) is 0 Å². The van der Waals surface area contributed by atoms with Crippen LogP contribution in [0.3, 0.4) is 0 Å².